The Labute approximate surface area is 88.5 Å². The molecule has 1 rings (SSSR count). The van der Waals surface area contributed by atoms with Crippen LogP contribution in [0.25, 0.3) is 0 Å². The maximum absolute atomic E-state index is 11.4. The fourth-order valence-electron chi connectivity index (χ4n) is 1.20. The Morgan fingerprint density at radius 3 is 3.13 bits per heavy atom. The predicted molar refractivity (Wildman–Crippen MR) is 56.1 cm³/mol. The molecule has 2 N–H and O–H groups in total. The van der Waals surface area contributed by atoms with Gasteiger partial charge in [0.15, 0.2) is 0 Å². The molecule has 0 saturated heterocycles. The Kier molecular flexibility index (Phi) is 4.35. The second-order valence-electron chi connectivity index (χ2n) is 3.28. The number of carbonyl (C=O) groups is 1. The summed E-state index contributed by atoms with van der Waals surface area (Å²) in [7, 11) is 0. The van der Waals surface area contributed by atoms with Gasteiger partial charge in [0.25, 0.3) is 0 Å². The van der Waals surface area contributed by atoms with Gasteiger partial charge in [-0.25, -0.2) is 0 Å². The summed E-state index contributed by atoms with van der Waals surface area (Å²) in [6, 6.07) is 1.94. The van der Waals surface area contributed by atoms with Gasteiger partial charge < -0.3 is 5.32 Å². The van der Waals surface area contributed by atoms with Crippen molar-refractivity contribution in [2.75, 3.05) is 5.32 Å². The Morgan fingerprint density at radius 2 is 2.47 bits per heavy atom. The van der Waals surface area contributed by atoms with E-state index in [0.717, 1.165) is 19.3 Å². The zero-order valence-corrected chi connectivity index (χ0v) is 8.71. The highest BCUT2D eigenvalue weighted by atomic mass is 16.1. The van der Waals surface area contributed by atoms with Crippen molar-refractivity contribution >= 4 is 11.7 Å². The van der Waals surface area contributed by atoms with Crippen LogP contribution in [0, 0.1) is 11.3 Å². The summed E-state index contributed by atoms with van der Waals surface area (Å²) in [6.07, 6.45) is 4.88. The topological polar surface area (TPSA) is 81.6 Å². The van der Waals surface area contributed by atoms with Gasteiger partial charge in [0, 0.05) is 6.42 Å². The lowest BCUT2D eigenvalue weighted by molar-refractivity contribution is -0.116. The fraction of sp³-hybridized carbons (Fsp3) is 0.500. The van der Waals surface area contributed by atoms with Crippen molar-refractivity contribution in [1.82, 2.24) is 10.2 Å². The number of hydrogen-bond donors (Lipinski definition) is 2. The molecular formula is C10H14N4O. The van der Waals surface area contributed by atoms with Crippen molar-refractivity contribution in [3.8, 4) is 6.07 Å². The van der Waals surface area contributed by atoms with E-state index in [0.29, 0.717) is 17.8 Å². The molecule has 0 saturated carbocycles. The number of nitriles is 1. The van der Waals surface area contributed by atoms with Crippen LogP contribution in [0.4, 0.5) is 5.82 Å². The summed E-state index contributed by atoms with van der Waals surface area (Å²) in [4.78, 5) is 11.4. The van der Waals surface area contributed by atoms with Crippen LogP contribution in [0.1, 0.15) is 38.2 Å². The van der Waals surface area contributed by atoms with Crippen LogP contribution in [0.5, 0.6) is 0 Å². The summed E-state index contributed by atoms with van der Waals surface area (Å²) in [6.45, 7) is 2.08. The Morgan fingerprint density at radius 1 is 1.67 bits per heavy atom. The molecule has 1 heterocycles. The highest BCUT2D eigenvalue weighted by Gasteiger charge is 2.07. The van der Waals surface area contributed by atoms with E-state index in [-0.39, 0.29) is 5.91 Å². The third-order valence-electron chi connectivity index (χ3n) is 2.03. The first-order valence-corrected chi connectivity index (χ1v) is 5.01. The smallest absolute Gasteiger partial charge is 0.225 e. The fourth-order valence-corrected chi connectivity index (χ4v) is 1.20. The normalized spacial score (nSPS) is 9.60. The second kappa shape index (κ2) is 5.81. The van der Waals surface area contributed by atoms with Crippen LogP contribution in [0.3, 0.4) is 0 Å². The third kappa shape index (κ3) is 3.43. The number of aromatic nitrogens is 2. The number of unbranched alkanes of at least 4 members (excludes halogenated alkanes) is 2. The maximum atomic E-state index is 11.4. The first-order chi connectivity index (χ1) is 7.27. The molecule has 0 spiro atoms. The minimum atomic E-state index is -0.0794. The molecule has 15 heavy (non-hydrogen) atoms. The number of rotatable bonds is 5. The van der Waals surface area contributed by atoms with Crippen molar-refractivity contribution < 1.29 is 4.79 Å². The number of anilines is 1. The quantitative estimate of drug-likeness (QED) is 0.721. The summed E-state index contributed by atoms with van der Waals surface area (Å²) in [5.41, 5.74) is 0.360. The monoisotopic (exact) mass is 206 g/mol. The molecule has 0 radical (unpaired) electrons. The van der Waals surface area contributed by atoms with E-state index < -0.39 is 0 Å². The molecule has 0 bridgehead atoms. The van der Waals surface area contributed by atoms with Gasteiger partial charge in [0.1, 0.15) is 17.5 Å². The van der Waals surface area contributed by atoms with E-state index in [2.05, 4.69) is 22.4 Å². The van der Waals surface area contributed by atoms with Gasteiger partial charge in [0.2, 0.25) is 5.91 Å². The average molecular weight is 206 g/mol. The number of carbonyl (C=O) groups excluding carboxylic acids is 1. The number of hydrogen-bond acceptors (Lipinski definition) is 3. The first-order valence-electron chi connectivity index (χ1n) is 5.01. The lowest BCUT2D eigenvalue weighted by Gasteiger charge is -2.01. The van der Waals surface area contributed by atoms with Gasteiger partial charge in [-0.3, -0.25) is 9.89 Å². The molecule has 0 atom stereocenters. The van der Waals surface area contributed by atoms with Gasteiger partial charge in [-0.2, -0.15) is 10.4 Å². The number of nitrogens with one attached hydrogen (secondary N) is 2. The second-order valence-corrected chi connectivity index (χ2v) is 3.28. The molecule has 80 valence electrons. The molecule has 0 unspecified atom stereocenters. The molecule has 0 aliphatic heterocycles. The molecule has 1 amide bonds. The lowest BCUT2D eigenvalue weighted by Crippen LogP contribution is -2.12. The molecule has 5 heteroatoms. The van der Waals surface area contributed by atoms with Gasteiger partial charge >= 0.3 is 0 Å². The summed E-state index contributed by atoms with van der Waals surface area (Å²) in [5.74, 6) is 0.309. The van der Waals surface area contributed by atoms with E-state index in [1.807, 2.05) is 6.07 Å². The summed E-state index contributed by atoms with van der Waals surface area (Å²) < 4.78 is 0. The van der Waals surface area contributed by atoms with E-state index >= 15 is 0 Å². The molecule has 0 aromatic carbocycles. The van der Waals surface area contributed by atoms with Gasteiger partial charge in [0.05, 0.1) is 6.20 Å². The Balaban J connectivity index is 2.42. The number of H-pyrrole nitrogens is 1. The van der Waals surface area contributed by atoms with Gasteiger partial charge in [-0.15, -0.1) is 0 Å². The summed E-state index contributed by atoms with van der Waals surface area (Å²) in [5, 5.41) is 17.5. The molecule has 0 aliphatic carbocycles. The third-order valence-corrected chi connectivity index (χ3v) is 2.03. The molecule has 1 aromatic heterocycles. The number of aromatic amines is 1. The van der Waals surface area contributed by atoms with E-state index in [1.165, 1.54) is 6.20 Å². The van der Waals surface area contributed by atoms with E-state index in [9.17, 15) is 4.79 Å². The van der Waals surface area contributed by atoms with Crippen LogP contribution in [0.15, 0.2) is 6.20 Å². The maximum Gasteiger partial charge on any atom is 0.225 e. The molecular weight excluding hydrogens is 192 g/mol. The Hall–Kier alpha value is -1.83. The minimum absolute atomic E-state index is 0.0794. The molecule has 0 fully saturated rings. The highest BCUT2D eigenvalue weighted by molar-refractivity contribution is 5.90. The van der Waals surface area contributed by atoms with Crippen LogP contribution in [-0.4, -0.2) is 16.1 Å². The molecule has 1 aromatic rings. The van der Waals surface area contributed by atoms with E-state index in [4.69, 9.17) is 5.26 Å². The first kappa shape index (κ1) is 11.2. The van der Waals surface area contributed by atoms with Gasteiger partial charge in [-0.05, 0) is 6.42 Å². The number of amides is 1. The van der Waals surface area contributed by atoms with Crippen molar-refractivity contribution in [3.63, 3.8) is 0 Å². The largest absolute Gasteiger partial charge is 0.310 e. The highest BCUT2D eigenvalue weighted by Crippen LogP contribution is 2.10. The minimum Gasteiger partial charge on any atom is -0.310 e. The van der Waals surface area contributed by atoms with Crippen LogP contribution < -0.4 is 5.32 Å². The SMILES string of the molecule is CCCCCC(=O)Nc1[nH]ncc1C#N. The van der Waals surface area contributed by atoms with Crippen molar-refractivity contribution in [2.45, 2.75) is 32.6 Å². The standard InChI is InChI=1S/C10H14N4O/c1-2-3-4-5-9(15)13-10-8(6-11)7-12-14-10/h7H,2-5H2,1H3,(H2,12,13,14,15). The molecule has 0 aliphatic rings. The predicted octanol–water partition coefficient (Wildman–Crippen LogP) is 1.80. The van der Waals surface area contributed by atoms with Crippen LogP contribution in [0.2, 0.25) is 0 Å². The van der Waals surface area contributed by atoms with Crippen molar-refractivity contribution in [3.05, 3.63) is 11.8 Å². The summed E-state index contributed by atoms with van der Waals surface area (Å²) >= 11 is 0. The van der Waals surface area contributed by atoms with Crippen LogP contribution in [-0.2, 0) is 4.79 Å². The molecule has 5 nitrogen and oxygen atoms in total. The van der Waals surface area contributed by atoms with Crippen molar-refractivity contribution in [1.29, 1.82) is 5.26 Å². The van der Waals surface area contributed by atoms with Crippen LogP contribution >= 0.6 is 0 Å². The lowest BCUT2D eigenvalue weighted by atomic mass is 10.2. The average Bonchev–Trinajstić information content (AvgIpc) is 2.65. The number of nitrogens with zero attached hydrogens (tertiary/aromatic N) is 2. The zero-order chi connectivity index (χ0) is 11.1. The van der Waals surface area contributed by atoms with Crippen molar-refractivity contribution in [2.24, 2.45) is 0 Å². The van der Waals surface area contributed by atoms with Gasteiger partial charge in [-0.1, -0.05) is 19.8 Å². The zero-order valence-electron chi connectivity index (χ0n) is 8.71. The van der Waals surface area contributed by atoms with E-state index in [1.54, 1.807) is 0 Å². The Bertz CT molecular complexity index is 364.